The number of aryl methyl sites for hydroxylation is 2. The second kappa shape index (κ2) is 11.1. The summed E-state index contributed by atoms with van der Waals surface area (Å²) in [6.07, 6.45) is 1.08. The summed E-state index contributed by atoms with van der Waals surface area (Å²) in [6, 6.07) is 20.9. The van der Waals surface area contributed by atoms with Gasteiger partial charge < -0.3 is 5.73 Å². The number of Topliss-reactive ketones (excluding diaryl/α,β-unsaturated/α-hetero) is 1. The molecule has 1 atom stereocenters. The van der Waals surface area contributed by atoms with Crippen molar-refractivity contribution >= 4 is 34.8 Å². The van der Waals surface area contributed by atoms with E-state index in [9.17, 15) is 10.1 Å². The molecule has 0 amide bonds. The van der Waals surface area contributed by atoms with E-state index in [0.29, 0.717) is 34.8 Å². The van der Waals surface area contributed by atoms with Gasteiger partial charge in [-0.25, -0.2) is 0 Å². The van der Waals surface area contributed by atoms with Gasteiger partial charge >= 0.3 is 0 Å². The van der Waals surface area contributed by atoms with E-state index in [-0.39, 0.29) is 11.2 Å². The lowest BCUT2D eigenvalue weighted by Gasteiger charge is -2.44. The molecular formula is C35H36ClN3OS. The highest BCUT2D eigenvalue weighted by Gasteiger charge is 2.45. The largest absolute Gasteiger partial charge is 0.384 e. The third-order valence-corrected chi connectivity index (χ3v) is 9.98. The van der Waals surface area contributed by atoms with E-state index < -0.39 is 5.92 Å². The summed E-state index contributed by atoms with van der Waals surface area (Å²) in [4.78, 5) is 17.2. The smallest absolute Gasteiger partial charge is 0.162 e. The number of halogens is 1. The molecule has 0 saturated carbocycles. The number of nitrogens with two attached hydrogens (primary N) is 1. The second-order valence-electron chi connectivity index (χ2n) is 12.1. The van der Waals surface area contributed by atoms with Gasteiger partial charge in [-0.1, -0.05) is 67.4 Å². The Balaban J connectivity index is 1.70. The van der Waals surface area contributed by atoms with Crippen molar-refractivity contribution < 1.29 is 4.79 Å². The molecule has 0 spiro atoms. The van der Waals surface area contributed by atoms with Crippen molar-refractivity contribution in [1.29, 1.82) is 5.26 Å². The lowest BCUT2D eigenvalue weighted by molar-refractivity contribution is -0.118. The van der Waals surface area contributed by atoms with Crippen molar-refractivity contribution in [2.45, 2.75) is 71.0 Å². The third-order valence-electron chi connectivity index (χ3n) is 8.35. The maximum atomic E-state index is 14.1. The minimum Gasteiger partial charge on any atom is -0.384 e. The van der Waals surface area contributed by atoms with Crippen LogP contribution < -0.4 is 10.6 Å². The van der Waals surface area contributed by atoms with Crippen LogP contribution in [0.3, 0.4) is 0 Å². The predicted molar refractivity (Wildman–Crippen MR) is 170 cm³/mol. The molecule has 41 heavy (non-hydrogen) atoms. The normalized spacial score (nSPS) is 18.4. The van der Waals surface area contributed by atoms with Crippen LogP contribution in [0.25, 0.3) is 0 Å². The first-order valence-corrected chi connectivity index (χ1v) is 15.3. The monoisotopic (exact) mass is 581 g/mol. The molecular weight excluding hydrogens is 546 g/mol. The maximum absolute atomic E-state index is 14.1. The average molecular weight is 582 g/mol. The van der Waals surface area contributed by atoms with E-state index in [1.54, 1.807) is 0 Å². The lowest BCUT2D eigenvalue weighted by Crippen LogP contribution is -2.42. The van der Waals surface area contributed by atoms with Crippen molar-refractivity contribution in [1.82, 2.24) is 0 Å². The molecule has 5 rings (SSSR count). The van der Waals surface area contributed by atoms with Gasteiger partial charge in [0.25, 0.3) is 0 Å². The zero-order chi connectivity index (χ0) is 29.6. The van der Waals surface area contributed by atoms with E-state index in [2.05, 4.69) is 77.1 Å². The number of rotatable bonds is 5. The van der Waals surface area contributed by atoms with Gasteiger partial charge in [0.2, 0.25) is 0 Å². The molecule has 1 aliphatic carbocycles. The van der Waals surface area contributed by atoms with Crippen molar-refractivity contribution in [2.75, 3.05) is 4.90 Å². The van der Waals surface area contributed by atoms with Gasteiger partial charge in [0.1, 0.15) is 5.82 Å². The summed E-state index contributed by atoms with van der Waals surface area (Å²) >= 11 is 8.35. The number of hydrogen-bond donors (Lipinski definition) is 1. The molecule has 0 bridgehead atoms. The summed E-state index contributed by atoms with van der Waals surface area (Å²) < 4.78 is 0. The fourth-order valence-electron chi connectivity index (χ4n) is 6.22. The number of anilines is 1. The maximum Gasteiger partial charge on any atom is 0.162 e. The van der Waals surface area contributed by atoms with Crippen molar-refractivity contribution in [2.24, 2.45) is 11.1 Å². The van der Waals surface area contributed by atoms with Crippen LogP contribution in [0.5, 0.6) is 0 Å². The van der Waals surface area contributed by atoms with Crippen LogP contribution in [-0.2, 0) is 10.5 Å². The number of carbonyl (C=O) groups is 1. The molecule has 0 saturated heterocycles. The molecule has 0 aromatic heterocycles. The number of allylic oxidation sites excluding steroid dienone is 3. The highest BCUT2D eigenvalue weighted by atomic mass is 35.5. The fourth-order valence-corrected chi connectivity index (χ4v) is 7.47. The van der Waals surface area contributed by atoms with E-state index in [0.717, 1.165) is 39.4 Å². The third kappa shape index (κ3) is 5.32. The summed E-state index contributed by atoms with van der Waals surface area (Å²) in [6.45, 7) is 12.5. The van der Waals surface area contributed by atoms with E-state index in [1.807, 2.05) is 41.8 Å². The molecule has 0 radical (unpaired) electrons. The quantitative estimate of drug-likeness (QED) is 0.305. The number of nitrogens with zero attached hydrogens (tertiary/aromatic N) is 2. The van der Waals surface area contributed by atoms with E-state index >= 15 is 0 Å². The van der Waals surface area contributed by atoms with Crippen LogP contribution in [0.1, 0.15) is 66.0 Å². The Hall–Kier alpha value is -3.46. The van der Waals surface area contributed by atoms with Crippen LogP contribution in [0.4, 0.5) is 5.69 Å². The van der Waals surface area contributed by atoms with Crippen LogP contribution in [0, 0.1) is 44.4 Å². The Bertz CT molecular complexity index is 1680. The summed E-state index contributed by atoms with van der Waals surface area (Å²) in [5, 5.41) is 11.2. The standard InChI is InChI=1S/C35H36ClN3OS/c1-20-14-24(19-41-31-13-8-7-10-21(31)2)22(3)25(15-20)32-26(18-37)34(38)39(28-12-9-11-27(36)23(28)4)29-16-35(5,6)17-30(40)33(29)32/h7-15,32H,16-17,19,38H2,1-6H3. The predicted octanol–water partition coefficient (Wildman–Crippen LogP) is 8.81. The number of benzene rings is 3. The zero-order valence-electron chi connectivity index (χ0n) is 24.6. The fraction of sp³-hybridized carbons (Fsp3) is 0.314. The molecule has 0 fully saturated rings. The molecule has 2 aliphatic rings. The van der Waals surface area contributed by atoms with E-state index in [4.69, 9.17) is 17.3 Å². The van der Waals surface area contributed by atoms with Gasteiger partial charge in [-0.2, -0.15) is 5.26 Å². The Morgan fingerprint density at radius 1 is 1.05 bits per heavy atom. The van der Waals surface area contributed by atoms with Gasteiger partial charge in [-0.15, -0.1) is 11.8 Å². The van der Waals surface area contributed by atoms with Crippen LogP contribution in [0.2, 0.25) is 5.02 Å². The Labute approximate surface area is 252 Å². The molecule has 2 N–H and O–H groups in total. The van der Waals surface area contributed by atoms with Gasteiger partial charge in [0.05, 0.1) is 23.2 Å². The summed E-state index contributed by atoms with van der Waals surface area (Å²) in [5.74, 6) is 0.711. The highest BCUT2D eigenvalue weighted by molar-refractivity contribution is 7.98. The van der Waals surface area contributed by atoms with E-state index in [1.165, 1.54) is 16.0 Å². The first-order chi connectivity index (χ1) is 19.4. The molecule has 6 heteroatoms. The summed E-state index contributed by atoms with van der Waals surface area (Å²) in [7, 11) is 0. The molecule has 3 aromatic carbocycles. The first-order valence-electron chi connectivity index (χ1n) is 13.9. The average Bonchev–Trinajstić information content (AvgIpc) is 2.90. The number of carbonyl (C=O) groups excluding carboxylic acids is 1. The molecule has 4 nitrogen and oxygen atoms in total. The Morgan fingerprint density at radius 2 is 1.78 bits per heavy atom. The first kappa shape index (κ1) is 29.0. The minimum absolute atomic E-state index is 0.0722. The van der Waals surface area contributed by atoms with Crippen molar-refractivity contribution in [3.05, 3.63) is 116 Å². The molecule has 1 heterocycles. The highest BCUT2D eigenvalue weighted by Crippen LogP contribution is 2.51. The van der Waals surface area contributed by atoms with Crippen molar-refractivity contribution in [3.63, 3.8) is 0 Å². The molecule has 1 aliphatic heterocycles. The SMILES string of the molecule is Cc1cc(CSc2ccccc2C)c(C)c(C2C(C#N)=C(N)N(c3cccc(Cl)c3C)C3=C2C(=O)CC(C)(C)C3)c1. The van der Waals surface area contributed by atoms with Gasteiger partial charge in [0, 0.05) is 33.4 Å². The number of hydrogen-bond acceptors (Lipinski definition) is 5. The lowest BCUT2D eigenvalue weighted by atomic mass is 9.68. The second-order valence-corrected chi connectivity index (χ2v) is 13.5. The minimum atomic E-state index is -0.517. The van der Waals surface area contributed by atoms with Gasteiger partial charge in [-0.05, 0) is 85.5 Å². The van der Waals surface area contributed by atoms with Crippen molar-refractivity contribution in [3.8, 4) is 6.07 Å². The number of nitriles is 1. The number of ketones is 1. The molecule has 210 valence electrons. The summed E-state index contributed by atoms with van der Waals surface area (Å²) in [5.41, 5.74) is 15.9. The topological polar surface area (TPSA) is 70.1 Å². The van der Waals surface area contributed by atoms with Crippen LogP contribution >= 0.6 is 23.4 Å². The zero-order valence-corrected chi connectivity index (χ0v) is 26.1. The molecule has 1 unspecified atom stereocenters. The van der Waals surface area contributed by atoms with Crippen LogP contribution in [-0.4, -0.2) is 5.78 Å². The van der Waals surface area contributed by atoms with Gasteiger partial charge in [-0.3, -0.25) is 9.69 Å². The van der Waals surface area contributed by atoms with Gasteiger partial charge in [0.15, 0.2) is 5.78 Å². The molecule has 3 aromatic rings. The Kier molecular flexibility index (Phi) is 7.85. The Morgan fingerprint density at radius 3 is 2.49 bits per heavy atom. The van der Waals surface area contributed by atoms with Crippen LogP contribution in [0.15, 0.2) is 82.2 Å². The number of thioether (sulfide) groups is 1.